The van der Waals surface area contributed by atoms with Crippen molar-refractivity contribution in [1.29, 1.82) is 0 Å². The minimum Gasteiger partial charge on any atom is -0.333 e. The number of rotatable bonds is 3. The largest absolute Gasteiger partial charge is 0.333 e. The van der Waals surface area contributed by atoms with Gasteiger partial charge in [0.05, 0.1) is 11.2 Å². The summed E-state index contributed by atoms with van der Waals surface area (Å²) in [5, 5.41) is 3.02. The van der Waals surface area contributed by atoms with Gasteiger partial charge in [-0.2, -0.15) is 0 Å². The summed E-state index contributed by atoms with van der Waals surface area (Å²) in [4.78, 5) is 31.5. The minimum absolute atomic E-state index is 0.132. The van der Waals surface area contributed by atoms with E-state index in [1.807, 2.05) is 0 Å². The van der Waals surface area contributed by atoms with Crippen molar-refractivity contribution in [1.82, 2.24) is 15.3 Å². The highest BCUT2D eigenvalue weighted by Gasteiger charge is 2.38. The van der Waals surface area contributed by atoms with Crippen LogP contribution in [0.1, 0.15) is 69.3 Å². The van der Waals surface area contributed by atoms with Crippen LogP contribution in [-0.2, 0) is 10.3 Å². The van der Waals surface area contributed by atoms with Crippen molar-refractivity contribution < 1.29 is 4.79 Å². The lowest BCUT2D eigenvalue weighted by Crippen LogP contribution is -2.48. The Kier molecular flexibility index (Phi) is 4.02. The maximum absolute atomic E-state index is 12.0. The zero-order valence-corrected chi connectivity index (χ0v) is 12.9. The molecule has 2 fully saturated rings. The van der Waals surface area contributed by atoms with Gasteiger partial charge in [0.2, 0.25) is 0 Å². The zero-order chi connectivity index (χ0) is 15.6. The summed E-state index contributed by atoms with van der Waals surface area (Å²) in [7, 11) is 0. The van der Waals surface area contributed by atoms with Gasteiger partial charge in [0, 0.05) is 12.0 Å². The quantitative estimate of drug-likeness (QED) is 0.838. The van der Waals surface area contributed by atoms with Crippen LogP contribution in [0.4, 0.5) is 0 Å². The number of nitrogens with one attached hydrogen (secondary N) is 2. The fourth-order valence-corrected chi connectivity index (χ4v) is 3.23. The average Bonchev–Trinajstić information content (AvgIpc) is 3.32. The van der Waals surface area contributed by atoms with Crippen LogP contribution in [0.3, 0.4) is 0 Å². The first-order valence-corrected chi connectivity index (χ1v) is 8.00. The Morgan fingerprint density at radius 1 is 1.36 bits per heavy atom. The van der Waals surface area contributed by atoms with E-state index in [1.165, 1.54) is 0 Å². The van der Waals surface area contributed by atoms with E-state index >= 15 is 0 Å². The Labute approximate surface area is 129 Å². The smallest absolute Gasteiger partial charge is 0.296 e. The highest BCUT2D eigenvalue weighted by Crippen LogP contribution is 2.40. The Balaban J connectivity index is 1.99. The molecule has 0 bridgehead atoms. The second-order valence-electron chi connectivity index (χ2n) is 6.27. The highest BCUT2D eigenvalue weighted by atomic mass is 16.1. The molecule has 5 nitrogen and oxygen atoms in total. The molecule has 0 atom stereocenters. The monoisotopic (exact) mass is 299 g/mol. The summed E-state index contributed by atoms with van der Waals surface area (Å²) in [6.45, 7) is 1.64. The third-order valence-corrected chi connectivity index (χ3v) is 4.51. The van der Waals surface area contributed by atoms with E-state index < -0.39 is 5.54 Å². The van der Waals surface area contributed by atoms with Gasteiger partial charge in [-0.3, -0.25) is 9.59 Å². The summed E-state index contributed by atoms with van der Waals surface area (Å²) >= 11 is 0. The van der Waals surface area contributed by atoms with Gasteiger partial charge >= 0.3 is 0 Å². The molecule has 0 radical (unpaired) electrons. The molecular weight excluding hydrogens is 278 g/mol. The van der Waals surface area contributed by atoms with E-state index in [0.29, 0.717) is 11.7 Å². The Morgan fingerprint density at radius 2 is 2.09 bits per heavy atom. The second kappa shape index (κ2) is 5.96. The van der Waals surface area contributed by atoms with Gasteiger partial charge in [-0.25, -0.2) is 4.98 Å². The molecule has 1 aromatic rings. The SMILES string of the molecule is CC#CC(=O)NC1(c2nc(C3CC3)cc(=O)[nH]2)CCCCC1. The Morgan fingerprint density at radius 3 is 2.73 bits per heavy atom. The molecule has 0 unspecified atom stereocenters. The lowest BCUT2D eigenvalue weighted by atomic mass is 9.80. The summed E-state index contributed by atoms with van der Waals surface area (Å²) in [6, 6.07) is 1.59. The van der Waals surface area contributed by atoms with Crippen molar-refractivity contribution in [3.63, 3.8) is 0 Å². The topological polar surface area (TPSA) is 74.8 Å². The van der Waals surface area contributed by atoms with Gasteiger partial charge in [0.25, 0.3) is 11.5 Å². The first kappa shape index (κ1) is 14.8. The lowest BCUT2D eigenvalue weighted by Gasteiger charge is -2.36. The molecule has 116 valence electrons. The molecule has 0 spiro atoms. The summed E-state index contributed by atoms with van der Waals surface area (Å²) < 4.78 is 0. The second-order valence-corrected chi connectivity index (χ2v) is 6.27. The van der Waals surface area contributed by atoms with Crippen LogP contribution in [0, 0.1) is 11.8 Å². The molecule has 2 aliphatic rings. The Hall–Kier alpha value is -2.09. The summed E-state index contributed by atoms with van der Waals surface area (Å²) in [5.41, 5.74) is 0.149. The van der Waals surface area contributed by atoms with Gasteiger partial charge in [-0.1, -0.05) is 25.2 Å². The van der Waals surface area contributed by atoms with Gasteiger partial charge in [-0.15, -0.1) is 0 Å². The third kappa shape index (κ3) is 3.06. The molecular formula is C17H21N3O2. The number of aromatic nitrogens is 2. The number of amides is 1. The predicted octanol–water partition coefficient (Wildman–Crippen LogP) is 1.95. The number of carbonyl (C=O) groups is 1. The van der Waals surface area contributed by atoms with Crippen LogP contribution in [0.2, 0.25) is 0 Å². The summed E-state index contributed by atoms with van der Waals surface area (Å²) in [5.74, 6) is 5.87. The number of nitrogens with zero attached hydrogens (tertiary/aromatic N) is 1. The number of hydrogen-bond acceptors (Lipinski definition) is 3. The maximum atomic E-state index is 12.0. The zero-order valence-electron chi connectivity index (χ0n) is 12.9. The highest BCUT2D eigenvalue weighted by molar-refractivity contribution is 5.93. The van der Waals surface area contributed by atoms with E-state index in [2.05, 4.69) is 27.1 Å². The van der Waals surface area contributed by atoms with E-state index in [-0.39, 0.29) is 11.5 Å². The molecule has 5 heteroatoms. The van der Waals surface area contributed by atoms with Crippen molar-refractivity contribution in [2.75, 3.05) is 0 Å². The standard InChI is InChI=1S/C17H21N3O2/c1-2-6-14(21)20-17(9-4-3-5-10-17)16-18-13(12-7-8-12)11-15(22)19-16/h11-12H,3-5,7-10H2,1H3,(H,20,21)(H,18,19,22). The van der Waals surface area contributed by atoms with E-state index in [9.17, 15) is 9.59 Å². The van der Waals surface area contributed by atoms with Crippen LogP contribution in [0.15, 0.2) is 10.9 Å². The van der Waals surface area contributed by atoms with Gasteiger partial charge in [-0.05, 0) is 38.5 Å². The van der Waals surface area contributed by atoms with Gasteiger partial charge in [0.15, 0.2) is 0 Å². The first-order valence-electron chi connectivity index (χ1n) is 8.00. The molecule has 22 heavy (non-hydrogen) atoms. The van der Waals surface area contributed by atoms with Crippen LogP contribution in [-0.4, -0.2) is 15.9 Å². The normalized spacial score (nSPS) is 19.9. The van der Waals surface area contributed by atoms with Crippen LogP contribution >= 0.6 is 0 Å². The van der Waals surface area contributed by atoms with Crippen LogP contribution in [0.5, 0.6) is 0 Å². The average molecular weight is 299 g/mol. The molecule has 2 aliphatic carbocycles. The molecule has 3 rings (SSSR count). The van der Waals surface area contributed by atoms with Crippen molar-refractivity contribution >= 4 is 5.91 Å². The molecule has 0 saturated heterocycles. The lowest BCUT2D eigenvalue weighted by molar-refractivity contribution is -0.118. The molecule has 0 aliphatic heterocycles. The molecule has 2 saturated carbocycles. The van der Waals surface area contributed by atoms with Crippen LogP contribution < -0.4 is 10.9 Å². The molecule has 1 heterocycles. The molecule has 1 aromatic heterocycles. The van der Waals surface area contributed by atoms with Crippen molar-refractivity contribution in [3.05, 3.63) is 27.9 Å². The summed E-state index contributed by atoms with van der Waals surface area (Å²) in [6.07, 6.45) is 6.94. The van der Waals surface area contributed by atoms with Gasteiger partial charge in [0.1, 0.15) is 5.82 Å². The maximum Gasteiger partial charge on any atom is 0.296 e. The number of carbonyl (C=O) groups excluding carboxylic acids is 1. The first-order chi connectivity index (χ1) is 10.6. The van der Waals surface area contributed by atoms with Gasteiger partial charge < -0.3 is 10.3 Å². The molecule has 2 N–H and O–H groups in total. The fourth-order valence-electron chi connectivity index (χ4n) is 3.23. The van der Waals surface area contributed by atoms with Crippen LogP contribution in [0.25, 0.3) is 0 Å². The van der Waals surface area contributed by atoms with E-state index in [0.717, 1.165) is 50.6 Å². The number of aromatic amines is 1. The van der Waals surface area contributed by atoms with Crippen molar-refractivity contribution in [3.8, 4) is 11.8 Å². The minimum atomic E-state index is -0.580. The molecule has 1 amide bonds. The van der Waals surface area contributed by atoms with E-state index in [4.69, 9.17) is 0 Å². The molecule has 0 aromatic carbocycles. The Bertz CT molecular complexity index is 686. The van der Waals surface area contributed by atoms with Crippen molar-refractivity contribution in [2.24, 2.45) is 0 Å². The van der Waals surface area contributed by atoms with Crippen molar-refractivity contribution in [2.45, 2.75) is 63.3 Å². The number of H-pyrrole nitrogens is 1. The number of hydrogen-bond donors (Lipinski definition) is 2. The predicted molar refractivity (Wildman–Crippen MR) is 83.2 cm³/mol. The van der Waals surface area contributed by atoms with E-state index in [1.54, 1.807) is 13.0 Å². The third-order valence-electron chi connectivity index (χ3n) is 4.51. The fraction of sp³-hybridized carbons (Fsp3) is 0.588.